The molecule has 2 amide bonds. The number of methoxy groups -OCH3 is 1. The van der Waals surface area contributed by atoms with Crippen LogP contribution in [0.25, 0.3) is 0 Å². The van der Waals surface area contributed by atoms with Gasteiger partial charge in [-0.2, -0.15) is 0 Å². The lowest BCUT2D eigenvalue weighted by Crippen LogP contribution is -2.26. The molecule has 9 nitrogen and oxygen atoms in total. The average molecular weight is 480 g/mol. The molecule has 0 aliphatic heterocycles. The van der Waals surface area contributed by atoms with Gasteiger partial charge in [0.1, 0.15) is 11.5 Å². The number of carbonyl (C=O) groups excluding carboxylic acids is 2. The molecule has 0 spiro atoms. The third-order valence-corrected chi connectivity index (χ3v) is 5.20. The number of rotatable bonds is 10. The van der Waals surface area contributed by atoms with Crippen molar-refractivity contribution < 1.29 is 23.6 Å². The standard InChI is InChI=1S/C25H25FN4O5/c1-16(17-5-10-21(11-6-17)29-24(31)18-3-8-20(26)9-4-18)28-25(32)19-7-12-22(27-13-14-35-2)23(15-19)30(33)34/h3-12,15-16,27H,13-14H2,1-2H3,(H,28,32)(H,29,31). The van der Waals surface area contributed by atoms with Gasteiger partial charge in [-0.15, -0.1) is 0 Å². The monoisotopic (exact) mass is 480 g/mol. The molecule has 3 aromatic carbocycles. The zero-order valence-corrected chi connectivity index (χ0v) is 19.2. The maximum atomic E-state index is 13.0. The largest absolute Gasteiger partial charge is 0.383 e. The van der Waals surface area contributed by atoms with Crippen LogP contribution >= 0.6 is 0 Å². The number of halogens is 1. The van der Waals surface area contributed by atoms with Gasteiger partial charge in [0.05, 0.1) is 17.6 Å². The van der Waals surface area contributed by atoms with Crippen LogP contribution in [0.5, 0.6) is 0 Å². The highest BCUT2D eigenvalue weighted by Gasteiger charge is 2.19. The topological polar surface area (TPSA) is 123 Å². The van der Waals surface area contributed by atoms with Crippen molar-refractivity contribution in [2.45, 2.75) is 13.0 Å². The Morgan fingerprint density at radius 2 is 1.66 bits per heavy atom. The Hall–Kier alpha value is -4.31. The number of nitrogens with one attached hydrogen (secondary N) is 3. The average Bonchev–Trinajstić information content (AvgIpc) is 2.85. The fourth-order valence-electron chi connectivity index (χ4n) is 3.28. The summed E-state index contributed by atoms with van der Waals surface area (Å²) < 4.78 is 18.0. The first kappa shape index (κ1) is 25.3. The van der Waals surface area contributed by atoms with E-state index in [0.29, 0.717) is 30.1 Å². The molecule has 35 heavy (non-hydrogen) atoms. The first-order chi connectivity index (χ1) is 16.8. The van der Waals surface area contributed by atoms with Crippen molar-refractivity contribution in [2.75, 3.05) is 30.9 Å². The summed E-state index contributed by atoms with van der Waals surface area (Å²) in [5.41, 5.74) is 1.88. The number of hydrogen-bond donors (Lipinski definition) is 3. The van der Waals surface area contributed by atoms with E-state index < -0.39 is 22.7 Å². The van der Waals surface area contributed by atoms with Crippen LogP contribution in [0.15, 0.2) is 66.7 Å². The normalized spacial score (nSPS) is 11.4. The van der Waals surface area contributed by atoms with Gasteiger partial charge in [-0.05, 0) is 61.0 Å². The summed E-state index contributed by atoms with van der Waals surface area (Å²) in [6, 6.07) is 15.9. The van der Waals surface area contributed by atoms with Crippen molar-refractivity contribution in [1.82, 2.24) is 5.32 Å². The molecule has 1 atom stereocenters. The lowest BCUT2D eigenvalue weighted by atomic mass is 10.1. The van der Waals surface area contributed by atoms with Gasteiger partial charge in [-0.25, -0.2) is 4.39 Å². The van der Waals surface area contributed by atoms with E-state index >= 15 is 0 Å². The Morgan fingerprint density at radius 1 is 1.00 bits per heavy atom. The lowest BCUT2D eigenvalue weighted by Gasteiger charge is -2.16. The van der Waals surface area contributed by atoms with E-state index in [1.54, 1.807) is 31.2 Å². The second kappa shape index (κ2) is 11.7. The van der Waals surface area contributed by atoms with Crippen molar-refractivity contribution >= 4 is 28.9 Å². The van der Waals surface area contributed by atoms with Gasteiger partial charge in [0.25, 0.3) is 17.5 Å². The molecule has 0 aromatic heterocycles. The van der Waals surface area contributed by atoms with Gasteiger partial charge in [0.15, 0.2) is 0 Å². The van der Waals surface area contributed by atoms with Crippen LogP contribution in [0.2, 0.25) is 0 Å². The molecule has 10 heteroatoms. The summed E-state index contributed by atoms with van der Waals surface area (Å²) in [6.07, 6.45) is 0. The van der Waals surface area contributed by atoms with Crippen molar-refractivity contribution in [1.29, 1.82) is 0 Å². The van der Waals surface area contributed by atoms with Crippen LogP contribution in [-0.2, 0) is 4.74 Å². The Labute approximate surface area is 201 Å². The second-order valence-electron chi connectivity index (χ2n) is 7.69. The number of anilines is 2. The smallest absolute Gasteiger partial charge is 0.293 e. The molecule has 0 radical (unpaired) electrons. The summed E-state index contributed by atoms with van der Waals surface area (Å²) in [5, 5.41) is 19.9. The number of carbonyl (C=O) groups is 2. The number of ether oxygens (including phenoxy) is 1. The maximum Gasteiger partial charge on any atom is 0.293 e. The van der Waals surface area contributed by atoms with Gasteiger partial charge >= 0.3 is 0 Å². The van der Waals surface area contributed by atoms with Crippen molar-refractivity contribution in [2.24, 2.45) is 0 Å². The molecule has 3 aromatic rings. The first-order valence-electron chi connectivity index (χ1n) is 10.8. The number of nitro groups is 1. The van der Waals surface area contributed by atoms with Gasteiger partial charge in [0, 0.05) is 36.5 Å². The molecule has 0 heterocycles. The molecule has 3 N–H and O–H groups in total. The lowest BCUT2D eigenvalue weighted by molar-refractivity contribution is -0.384. The predicted molar refractivity (Wildman–Crippen MR) is 130 cm³/mol. The Kier molecular flexibility index (Phi) is 8.47. The summed E-state index contributed by atoms with van der Waals surface area (Å²) >= 11 is 0. The highest BCUT2D eigenvalue weighted by atomic mass is 19.1. The number of nitro benzene ring substituents is 1. The van der Waals surface area contributed by atoms with E-state index in [1.807, 2.05) is 0 Å². The molecule has 0 aliphatic rings. The van der Waals surface area contributed by atoms with Crippen LogP contribution < -0.4 is 16.0 Å². The minimum Gasteiger partial charge on any atom is -0.383 e. The number of nitrogens with zero attached hydrogens (tertiary/aromatic N) is 1. The highest BCUT2D eigenvalue weighted by molar-refractivity contribution is 6.04. The fourth-order valence-corrected chi connectivity index (χ4v) is 3.28. The SMILES string of the molecule is COCCNc1ccc(C(=O)NC(C)c2ccc(NC(=O)c3ccc(F)cc3)cc2)cc1[N+](=O)[O-]. The number of hydrogen-bond acceptors (Lipinski definition) is 6. The number of benzene rings is 3. The third kappa shape index (κ3) is 6.84. The van der Waals surface area contributed by atoms with Gasteiger partial charge < -0.3 is 20.7 Å². The maximum absolute atomic E-state index is 13.0. The molecule has 0 saturated carbocycles. The molecular formula is C25H25FN4O5. The molecule has 0 fully saturated rings. The second-order valence-corrected chi connectivity index (χ2v) is 7.69. The van der Waals surface area contributed by atoms with E-state index in [2.05, 4.69) is 16.0 Å². The Morgan fingerprint density at radius 3 is 2.29 bits per heavy atom. The summed E-state index contributed by atoms with van der Waals surface area (Å²) in [5.74, 6) is -1.26. The van der Waals surface area contributed by atoms with Gasteiger partial charge in [0.2, 0.25) is 0 Å². The predicted octanol–water partition coefficient (Wildman–Crippen LogP) is 4.54. The summed E-state index contributed by atoms with van der Waals surface area (Å²) in [7, 11) is 1.53. The number of amides is 2. The van der Waals surface area contributed by atoms with E-state index in [0.717, 1.165) is 5.56 Å². The van der Waals surface area contributed by atoms with Crippen LogP contribution in [0.3, 0.4) is 0 Å². The van der Waals surface area contributed by atoms with E-state index in [9.17, 15) is 24.1 Å². The minimum absolute atomic E-state index is 0.157. The molecule has 0 aliphatic carbocycles. The molecule has 0 bridgehead atoms. The first-order valence-corrected chi connectivity index (χ1v) is 10.8. The van der Waals surface area contributed by atoms with Gasteiger partial charge in [-0.1, -0.05) is 12.1 Å². The third-order valence-electron chi connectivity index (χ3n) is 5.20. The summed E-state index contributed by atoms with van der Waals surface area (Å²) in [6.45, 7) is 2.55. The zero-order chi connectivity index (χ0) is 25.4. The van der Waals surface area contributed by atoms with Crippen LogP contribution in [-0.4, -0.2) is 37.0 Å². The molecule has 0 saturated heterocycles. The minimum atomic E-state index is -0.547. The van der Waals surface area contributed by atoms with E-state index in [4.69, 9.17) is 4.74 Å². The zero-order valence-electron chi connectivity index (χ0n) is 19.2. The molecule has 182 valence electrons. The fraction of sp³-hybridized carbons (Fsp3) is 0.200. The van der Waals surface area contributed by atoms with Crippen LogP contribution in [0.1, 0.15) is 39.2 Å². The van der Waals surface area contributed by atoms with Crippen molar-refractivity contribution in [3.05, 3.63) is 99.4 Å². The van der Waals surface area contributed by atoms with Crippen molar-refractivity contribution in [3.8, 4) is 0 Å². The van der Waals surface area contributed by atoms with Gasteiger partial charge in [-0.3, -0.25) is 19.7 Å². The van der Waals surface area contributed by atoms with Crippen LogP contribution in [0, 0.1) is 15.9 Å². The Bertz CT molecular complexity index is 1200. The summed E-state index contributed by atoms with van der Waals surface area (Å²) in [4.78, 5) is 35.9. The molecule has 3 rings (SSSR count). The highest BCUT2D eigenvalue weighted by Crippen LogP contribution is 2.26. The Balaban J connectivity index is 1.63. The van der Waals surface area contributed by atoms with Crippen molar-refractivity contribution in [3.63, 3.8) is 0 Å². The molecule has 1 unspecified atom stereocenters. The van der Waals surface area contributed by atoms with E-state index in [1.165, 1.54) is 49.6 Å². The quantitative estimate of drug-likeness (QED) is 0.223. The van der Waals surface area contributed by atoms with E-state index in [-0.39, 0.29) is 17.2 Å². The van der Waals surface area contributed by atoms with Crippen LogP contribution in [0.4, 0.5) is 21.5 Å². The molecular weight excluding hydrogens is 455 g/mol.